The quantitative estimate of drug-likeness (QED) is 0.186. The summed E-state index contributed by atoms with van der Waals surface area (Å²) < 4.78 is 15.5. The molecule has 0 saturated carbocycles. The Morgan fingerprint density at radius 3 is 1.94 bits per heavy atom. The number of thiophene rings is 1. The lowest BCUT2D eigenvalue weighted by molar-refractivity contribution is 0.668. The van der Waals surface area contributed by atoms with Crippen LogP contribution < -0.4 is 0 Å². The monoisotopic (exact) mass is 671 g/mol. The van der Waals surface area contributed by atoms with E-state index in [2.05, 4.69) is 84.9 Å². The van der Waals surface area contributed by atoms with E-state index in [9.17, 15) is 0 Å². The molecule has 51 heavy (non-hydrogen) atoms. The predicted octanol–water partition coefficient (Wildman–Crippen LogP) is 12.7. The molecule has 0 amide bonds. The maximum absolute atomic E-state index is 6.66. The van der Waals surface area contributed by atoms with E-state index in [1.54, 1.807) is 0 Å². The van der Waals surface area contributed by atoms with E-state index in [0.717, 1.165) is 66.1 Å². The highest BCUT2D eigenvalue weighted by molar-refractivity contribution is 7.26. The second-order valence-corrected chi connectivity index (χ2v) is 13.8. The minimum absolute atomic E-state index is 0.545. The lowest BCUT2D eigenvalue weighted by Crippen LogP contribution is -2.00. The third-order valence-electron chi connectivity index (χ3n) is 9.76. The van der Waals surface area contributed by atoms with Gasteiger partial charge >= 0.3 is 0 Å². The number of para-hydroxylation sites is 2. The molecule has 0 aliphatic heterocycles. The van der Waals surface area contributed by atoms with E-state index >= 15 is 0 Å². The number of benzene rings is 7. The Hall–Kier alpha value is -6.63. The fourth-order valence-corrected chi connectivity index (χ4v) is 8.65. The molecule has 11 aromatic rings. The van der Waals surface area contributed by atoms with Gasteiger partial charge in [0.15, 0.2) is 17.5 Å². The number of hydrogen-bond acceptors (Lipinski definition) is 6. The number of fused-ring (bicyclic) bond motifs is 9. The summed E-state index contributed by atoms with van der Waals surface area (Å²) in [6.45, 7) is 0. The third-order valence-corrected chi connectivity index (χ3v) is 11.0. The summed E-state index contributed by atoms with van der Waals surface area (Å²) in [4.78, 5) is 15.3. The van der Waals surface area contributed by atoms with Crippen molar-refractivity contribution >= 4 is 75.4 Å². The van der Waals surface area contributed by atoms with Gasteiger partial charge in [0.05, 0.1) is 5.56 Å². The van der Waals surface area contributed by atoms with Gasteiger partial charge in [-0.3, -0.25) is 0 Å². The van der Waals surface area contributed by atoms with Gasteiger partial charge in [-0.15, -0.1) is 11.3 Å². The molecule has 7 aromatic carbocycles. The maximum Gasteiger partial charge on any atom is 0.167 e. The first-order valence-electron chi connectivity index (χ1n) is 16.9. The summed E-state index contributed by atoms with van der Waals surface area (Å²) in [7, 11) is 0. The van der Waals surface area contributed by atoms with Crippen LogP contribution in [0.4, 0.5) is 0 Å². The Morgan fingerprint density at radius 2 is 1.04 bits per heavy atom. The van der Waals surface area contributed by atoms with Crippen LogP contribution in [0, 0.1) is 0 Å². The molecule has 0 radical (unpaired) electrons. The zero-order chi connectivity index (χ0) is 33.5. The van der Waals surface area contributed by atoms with E-state index in [1.807, 2.05) is 78.1 Å². The molecule has 0 fully saturated rings. The van der Waals surface area contributed by atoms with Crippen LogP contribution in [0.3, 0.4) is 0 Å². The van der Waals surface area contributed by atoms with E-state index in [4.69, 9.17) is 23.8 Å². The molecule has 0 aliphatic rings. The fraction of sp³-hybridized carbons (Fsp3) is 0. The Balaban J connectivity index is 1.12. The second-order valence-electron chi connectivity index (χ2n) is 12.7. The minimum atomic E-state index is 0.545. The molecule has 0 saturated heterocycles. The Morgan fingerprint density at radius 1 is 0.392 bits per heavy atom. The molecule has 238 valence electrons. The van der Waals surface area contributed by atoms with E-state index in [0.29, 0.717) is 17.5 Å². The number of furan rings is 2. The molecule has 0 spiro atoms. The van der Waals surface area contributed by atoms with E-state index < -0.39 is 0 Å². The summed E-state index contributed by atoms with van der Waals surface area (Å²) >= 11 is 1.84. The van der Waals surface area contributed by atoms with Gasteiger partial charge in [-0.05, 0) is 47.5 Å². The second kappa shape index (κ2) is 10.9. The Kier molecular flexibility index (Phi) is 6.05. The van der Waals surface area contributed by atoms with Crippen molar-refractivity contribution in [2.24, 2.45) is 0 Å². The number of aromatic nitrogens is 3. The van der Waals surface area contributed by atoms with Gasteiger partial charge in [-0.25, -0.2) is 15.0 Å². The highest BCUT2D eigenvalue weighted by Crippen LogP contribution is 2.43. The molecule has 11 rings (SSSR count). The lowest BCUT2D eigenvalue weighted by atomic mass is 10.00. The van der Waals surface area contributed by atoms with E-state index in [-0.39, 0.29) is 0 Å². The molecule has 0 N–H and O–H groups in total. The van der Waals surface area contributed by atoms with Crippen molar-refractivity contribution in [3.05, 3.63) is 152 Å². The first-order valence-corrected chi connectivity index (χ1v) is 17.7. The van der Waals surface area contributed by atoms with Crippen molar-refractivity contribution in [2.75, 3.05) is 0 Å². The average molecular weight is 672 g/mol. The van der Waals surface area contributed by atoms with Gasteiger partial charge in [0.1, 0.15) is 22.3 Å². The van der Waals surface area contributed by atoms with Crippen LogP contribution in [-0.2, 0) is 0 Å². The summed E-state index contributed by atoms with van der Waals surface area (Å²) in [5, 5.41) is 6.64. The summed E-state index contributed by atoms with van der Waals surface area (Å²) in [6, 6.07) is 52.1. The van der Waals surface area contributed by atoms with Crippen LogP contribution in [0.25, 0.3) is 109 Å². The third kappa shape index (κ3) is 4.37. The molecule has 4 aromatic heterocycles. The summed E-state index contributed by atoms with van der Waals surface area (Å²) in [5.41, 5.74) is 8.15. The summed E-state index contributed by atoms with van der Waals surface area (Å²) in [6.07, 6.45) is 0. The predicted molar refractivity (Wildman–Crippen MR) is 209 cm³/mol. The topological polar surface area (TPSA) is 65.0 Å². The van der Waals surface area contributed by atoms with Crippen molar-refractivity contribution in [3.8, 4) is 45.3 Å². The fourth-order valence-electron chi connectivity index (χ4n) is 7.41. The van der Waals surface area contributed by atoms with E-state index in [1.165, 1.54) is 25.7 Å². The Labute approximate surface area is 295 Å². The molecule has 6 heteroatoms. The molecule has 0 atom stereocenters. The van der Waals surface area contributed by atoms with Gasteiger partial charge < -0.3 is 8.83 Å². The summed E-state index contributed by atoms with van der Waals surface area (Å²) in [5.74, 6) is 1.71. The molecular weight excluding hydrogens is 647 g/mol. The van der Waals surface area contributed by atoms with Crippen molar-refractivity contribution in [2.45, 2.75) is 0 Å². The lowest BCUT2D eigenvalue weighted by Gasteiger charge is -2.09. The van der Waals surface area contributed by atoms with Crippen LogP contribution in [0.2, 0.25) is 0 Å². The number of nitrogens with zero attached hydrogens (tertiary/aromatic N) is 3. The highest BCUT2D eigenvalue weighted by Gasteiger charge is 2.21. The Bertz CT molecular complexity index is 3160. The van der Waals surface area contributed by atoms with Crippen LogP contribution in [-0.4, -0.2) is 15.0 Å². The molecular formula is C45H25N3O2S. The average Bonchev–Trinajstić information content (AvgIpc) is 3.89. The van der Waals surface area contributed by atoms with Gasteiger partial charge in [-0.1, -0.05) is 115 Å². The van der Waals surface area contributed by atoms with Crippen molar-refractivity contribution in [3.63, 3.8) is 0 Å². The van der Waals surface area contributed by atoms with Crippen molar-refractivity contribution < 1.29 is 8.83 Å². The number of rotatable bonds is 4. The van der Waals surface area contributed by atoms with Crippen molar-refractivity contribution in [1.82, 2.24) is 15.0 Å². The van der Waals surface area contributed by atoms with Crippen LogP contribution in [0.1, 0.15) is 0 Å². The molecule has 0 aliphatic carbocycles. The van der Waals surface area contributed by atoms with Gasteiger partial charge in [0, 0.05) is 52.8 Å². The van der Waals surface area contributed by atoms with Gasteiger partial charge in [0.25, 0.3) is 0 Å². The SMILES string of the molecule is c1ccc(-c2nc(-c3cccc4c3oc3ccc(-c5cccc6c5sc5ccccc56)cc34)nc(-c3cccc4oc5ccccc5c34)n2)cc1. The minimum Gasteiger partial charge on any atom is -0.456 e. The zero-order valence-electron chi connectivity index (χ0n) is 27.0. The first kappa shape index (κ1) is 28.2. The van der Waals surface area contributed by atoms with Crippen LogP contribution in [0.5, 0.6) is 0 Å². The van der Waals surface area contributed by atoms with Crippen LogP contribution in [0.15, 0.2) is 160 Å². The maximum atomic E-state index is 6.66. The molecule has 5 nitrogen and oxygen atoms in total. The van der Waals surface area contributed by atoms with Crippen molar-refractivity contribution in [1.29, 1.82) is 0 Å². The smallest absolute Gasteiger partial charge is 0.167 e. The zero-order valence-corrected chi connectivity index (χ0v) is 27.8. The standard InChI is InChI=1S/C45H25N3O2S/c1-2-11-26(12-3-1)43-46-44(33-18-10-21-38-40(33)32-14-4-6-20-36(32)49-38)48-45(47-43)34-19-9-16-30-35-25-27(23-24-37(35)50-41(30)34)28-15-8-17-31-29-13-5-7-22-39(29)51-42(28)31/h1-25H. The van der Waals surface area contributed by atoms with Crippen LogP contribution >= 0.6 is 11.3 Å². The largest absolute Gasteiger partial charge is 0.456 e. The van der Waals surface area contributed by atoms with Gasteiger partial charge in [-0.2, -0.15) is 0 Å². The normalized spacial score (nSPS) is 11.9. The number of hydrogen-bond donors (Lipinski definition) is 0. The molecule has 0 unspecified atom stereocenters. The highest BCUT2D eigenvalue weighted by atomic mass is 32.1. The molecule has 4 heterocycles. The first-order chi connectivity index (χ1) is 25.3. The molecule has 0 bridgehead atoms. The van der Waals surface area contributed by atoms with Gasteiger partial charge in [0.2, 0.25) is 0 Å².